The summed E-state index contributed by atoms with van der Waals surface area (Å²) in [5.41, 5.74) is 0. The highest BCUT2D eigenvalue weighted by Gasteiger charge is 2.24. The molecule has 1 aliphatic rings. The number of sulfonamides is 1. The Hall–Kier alpha value is -1.71. The SMILES string of the molecule is CN(C)S(=O)(=O)c1ccc(NC(=O)N[C@@H]2CCCC[C@H]2O)nc1. The van der Waals surface area contributed by atoms with Gasteiger partial charge in [0.15, 0.2) is 0 Å². The maximum atomic E-state index is 11.9. The van der Waals surface area contributed by atoms with Crippen molar-refractivity contribution in [3.05, 3.63) is 18.3 Å². The molecule has 23 heavy (non-hydrogen) atoms. The van der Waals surface area contributed by atoms with Crippen LogP contribution in [0, 0.1) is 0 Å². The number of carbonyl (C=O) groups excluding carboxylic acids is 1. The third-order valence-electron chi connectivity index (χ3n) is 3.80. The van der Waals surface area contributed by atoms with E-state index in [1.807, 2.05) is 0 Å². The van der Waals surface area contributed by atoms with E-state index in [1.165, 1.54) is 32.4 Å². The number of nitrogens with zero attached hydrogens (tertiary/aromatic N) is 2. The van der Waals surface area contributed by atoms with Crippen molar-refractivity contribution in [2.45, 2.75) is 42.7 Å². The lowest BCUT2D eigenvalue weighted by Gasteiger charge is -2.28. The van der Waals surface area contributed by atoms with Crippen LogP contribution in [-0.4, -0.2) is 55.1 Å². The van der Waals surface area contributed by atoms with Crippen LogP contribution in [0.25, 0.3) is 0 Å². The van der Waals surface area contributed by atoms with Crippen molar-refractivity contribution < 1.29 is 18.3 Å². The van der Waals surface area contributed by atoms with Crippen molar-refractivity contribution in [1.82, 2.24) is 14.6 Å². The first-order valence-electron chi connectivity index (χ1n) is 7.45. The predicted molar refractivity (Wildman–Crippen MR) is 85.5 cm³/mol. The molecule has 2 amide bonds. The summed E-state index contributed by atoms with van der Waals surface area (Å²) in [7, 11) is -0.673. The van der Waals surface area contributed by atoms with Gasteiger partial charge in [0, 0.05) is 20.3 Å². The number of aromatic nitrogens is 1. The minimum atomic E-state index is -3.54. The third kappa shape index (κ3) is 4.40. The van der Waals surface area contributed by atoms with Crippen molar-refractivity contribution in [2.75, 3.05) is 19.4 Å². The number of aliphatic hydroxyl groups is 1. The Balaban J connectivity index is 1.97. The molecule has 3 N–H and O–H groups in total. The fraction of sp³-hybridized carbons (Fsp3) is 0.571. The number of hydrogen-bond donors (Lipinski definition) is 3. The third-order valence-corrected chi connectivity index (χ3v) is 5.60. The quantitative estimate of drug-likeness (QED) is 0.748. The van der Waals surface area contributed by atoms with E-state index in [4.69, 9.17) is 0 Å². The van der Waals surface area contributed by atoms with E-state index >= 15 is 0 Å². The minimum Gasteiger partial charge on any atom is -0.391 e. The van der Waals surface area contributed by atoms with Crippen molar-refractivity contribution in [1.29, 1.82) is 0 Å². The summed E-state index contributed by atoms with van der Waals surface area (Å²) in [4.78, 5) is 15.9. The molecular formula is C14H22N4O4S. The number of urea groups is 1. The Labute approximate surface area is 136 Å². The monoisotopic (exact) mass is 342 g/mol. The van der Waals surface area contributed by atoms with Gasteiger partial charge in [-0.1, -0.05) is 12.8 Å². The van der Waals surface area contributed by atoms with Crippen LogP contribution >= 0.6 is 0 Å². The normalized spacial score (nSPS) is 21.9. The standard InChI is InChI=1S/C14H22N4O4S/c1-18(2)23(21,22)10-7-8-13(15-9-10)17-14(20)16-11-5-3-4-6-12(11)19/h7-9,11-12,19H,3-6H2,1-2H3,(H2,15,16,17,20)/t11-,12-/m1/s1. The maximum Gasteiger partial charge on any atom is 0.320 e. The van der Waals surface area contributed by atoms with Gasteiger partial charge in [-0.3, -0.25) is 5.32 Å². The zero-order chi connectivity index (χ0) is 17.0. The fourth-order valence-corrected chi connectivity index (χ4v) is 3.27. The van der Waals surface area contributed by atoms with Gasteiger partial charge in [0.05, 0.1) is 12.1 Å². The van der Waals surface area contributed by atoms with Crippen molar-refractivity contribution >= 4 is 21.9 Å². The van der Waals surface area contributed by atoms with E-state index in [1.54, 1.807) is 0 Å². The first-order valence-corrected chi connectivity index (χ1v) is 8.89. The number of amides is 2. The van der Waals surface area contributed by atoms with E-state index in [0.29, 0.717) is 6.42 Å². The van der Waals surface area contributed by atoms with Crippen molar-refractivity contribution in [2.24, 2.45) is 0 Å². The number of pyridine rings is 1. The predicted octanol–water partition coefficient (Wildman–Crippen LogP) is 0.757. The summed E-state index contributed by atoms with van der Waals surface area (Å²) in [5.74, 6) is 0.241. The van der Waals surface area contributed by atoms with Crippen LogP contribution < -0.4 is 10.6 Å². The van der Waals surface area contributed by atoms with Crippen molar-refractivity contribution in [3.63, 3.8) is 0 Å². The molecule has 8 nitrogen and oxygen atoms in total. The topological polar surface area (TPSA) is 112 Å². The number of rotatable bonds is 4. The second kappa shape index (κ2) is 7.24. The highest BCUT2D eigenvalue weighted by Crippen LogP contribution is 2.18. The lowest BCUT2D eigenvalue weighted by atomic mass is 9.93. The number of aliphatic hydroxyl groups excluding tert-OH is 1. The first kappa shape index (κ1) is 17.6. The molecule has 2 rings (SSSR count). The Bertz CT molecular complexity index is 645. The Kier molecular flexibility index (Phi) is 5.55. The molecule has 9 heteroatoms. The lowest BCUT2D eigenvalue weighted by molar-refractivity contribution is 0.0955. The van der Waals surface area contributed by atoms with Gasteiger partial charge in [-0.25, -0.2) is 22.5 Å². The van der Waals surface area contributed by atoms with E-state index in [9.17, 15) is 18.3 Å². The summed E-state index contributed by atoms with van der Waals surface area (Å²) in [6.07, 6.45) is 4.01. The van der Waals surface area contributed by atoms with Gasteiger partial charge in [-0.15, -0.1) is 0 Å². The first-order chi connectivity index (χ1) is 10.8. The summed E-state index contributed by atoms with van der Waals surface area (Å²) in [6, 6.07) is 2.07. The Morgan fingerprint density at radius 3 is 2.57 bits per heavy atom. The largest absolute Gasteiger partial charge is 0.391 e. The molecule has 2 atom stereocenters. The van der Waals surface area contributed by atoms with E-state index < -0.39 is 22.2 Å². The number of anilines is 1. The second-order valence-corrected chi connectivity index (χ2v) is 7.88. The molecule has 128 valence electrons. The zero-order valence-electron chi connectivity index (χ0n) is 13.2. The van der Waals surface area contributed by atoms with Gasteiger partial charge < -0.3 is 10.4 Å². The average Bonchev–Trinajstić information content (AvgIpc) is 2.50. The van der Waals surface area contributed by atoms with E-state index in [0.717, 1.165) is 23.6 Å². The summed E-state index contributed by atoms with van der Waals surface area (Å²) >= 11 is 0. The smallest absolute Gasteiger partial charge is 0.320 e. The van der Waals surface area contributed by atoms with Crippen molar-refractivity contribution in [3.8, 4) is 0 Å². The molecule has 1 aliphatic carbocycles. The van der Waals surface area contributed by atoms with E-state index in [-0.39, 0.29) is 16.8 Å². The maximum absolute atomic E-state index is 11.9. The van der Waals surface area contributed by atoms with Gasteiger partial charge >= 0.3 is 6.03 Å². The molecule has 0 bridgehead atoms. The summed E-state index contributed by atoms with van der Waals surface area (Å²) < 4.78 is 24.9. The minimum absolute atomic E-state index is 0.0520. The van der Waals surface area contributed by atoms with E-state index in [2.05, 4.69) is 15.6 Å². The molecule has 0 unspecified atom stereocenters. The molecule has 0 radical (unpaired) electrons. The van der Waals surface area contributed by atoms with Crippen LogP contribution in [0.3, 0.4) is 0 Å². The van der Waals surface area contributed by atoms with Crippen LogP contribution in [0.1, 0.15) is 25.7 Å². The average molecular weight is 342 g/mol. The zero-order valence-corrected chi connectivity index (χ0v) is 14.0. The highest BCUT2D eigenvalue weighted by atomic mass is 32.2. The number of carbonyl (C=O) groups is 1. The van der Waals surface area contributed by atoms with Crippen LogP contribution in [0.15, 0.2) is 23.2 Å². The second-order valence-electron chi connectivity index (χ2n) is 5.72. The van der Waals surface area contributed by atoms with Gasteiger partial charge in [0.1, 0.15) is 10.7 Å². The highest BCUT2D eigenvalue weighted by molar-refractivity contribution is 7.89. The molecule has 0 aliphatic heterocycles. The van der Waals surface area contributed by atoms with Gasteiger partial charge in [0.25, 0.3) is 0 Å². The Morgan fingerprint density at radius 1 is 1.30 bits per heavy atom. The molecule has 0 aromatic carbocycles. The molecule has 0 saturated heterocycles. The van der Waals surface area contributed by atoms with Gasteiger partial charge in [-0.05, 0) is 25.0 Å². The molecule has 1 saturated carbocycles. The summed E-state index contributed by atoms with van der Waals surface area (Å²) in [6.45, 7) is 0. The van der Waals surface area contributed by atoms with Crippen LogP contribution in [0.4, 0.5) is 10.6 Å². The number of hydrogen-bond acceptors (Lipinski definition) is 5. The van der Waals surface area contributed by atoms with Crippen LogP contribution in [0.2, 0.25) is 0 Å². The molecule has 0 spiro atoms. The lowest BCUT2D eigenvalue weighted by Crippen LogP contribution is -2.46. The molecule has 1 aromatic heterocycles. The molecule has 1 fully saturated rings. The van der Waals surface area contributed by atoms with Crippen LogP contribution in [-0.2, 0) is 10.0 Å². The number of nitrogens with one attached hydrogen (secondary N) is 2. The molecule has 1 aromatic rings. The summed E-state index contributed by atoms with van der Waals surface area (Å²) in [5, 5.41) is 15.1. The molecular weight excluding hydrogens is 320 g/mol. The van der Waals surface area contributed by atoms with Crippen LogP contribution in [0.5, 0.6) is 0 Å². The fourth-order valence-electron chi connectivity index (χ4n) is 2.42. The van der Waals surface area contributed by atoms with Gasteiger partial charge in [-0.2, -0.15) is 0 Å². The van der Waals surface area contributed by atoms with Gasteiger partial charge in [0.2, 0.25) is 10.0 Å². The Morgan fingerprint density at radius 2 is 2.00 bits per heavy atom. The molecule has 1 heterocycles.